The monoisotopic (exact) mass is 473 g/mol. The fourth-order valence-corrected chi connectivity index (χ4v) is 5.04. The fraction of sp³-hybridized carbons (Fsp3) is 0.400. The molecule has 0 saturated carbocycles. The van der Waals surface area contributed by atoms with E-state index >= 15 is 0 Å². The van der Waals surface area contributed by atoms with E-state index in [0.29, 0.717) is 30.2 Å². The van der Waals surface area contributed by atoms with Gasteiger partial charge < -0.3 is 9.88 Å². The number of rotatable bonds is 3. The van der Waals surface area contributed by atoms with Crippen LogP contribution in [0.15, 0.2) is 47.3 Å². The number of carbonyl (C=O) groups is 1. The molecule has 0 radical (unpaired) electrons. The number of fused-ring (bicyclic) bond motifs is 4. The molecule has 1 aromatic carbocycles. The summed E-state index contributed by atoms with van der Waals surface area (Å²) in [5.74, 6) is 0.0349. The second kappa shape index (κ2) is 8.12. The van der Waals surface area contributed by atoms with E-state index in [-0.39, 0.29) is 23.3 Å². The van der Waals surface area contributed by atoms with Gasteiger partial charge in [-0.15, -0.1) is 0 Å². The molecule has 2 bridgehead atoms. The maximum absolute atomic E-state index is 12.7. The highest BCUT2D eigenvalue weighted by Crippen LogP contribution is 2.40. The highest BCUT2D eigenvalue weighted by Gasteiger charge is 2.44. The van der Waals surface area contributed by atoms with Gasteiger partial charge in [0.15, 0.2) is 0 Å². The Labute approximate surface area is 188 Å². The Morgan fingerprint density at radius 3 is 2.48 bits per heavy atom. The van der Waals surface area contributed by atoms with Crippen LogP contribution in [0.4, 0.5) is 0 Å². The molecule has 3 atom stereocenters. The number of halogens is 4. The van der Waals surface area contributed by atoms with Gasteiger partial charge in [-0.2, -0.15) is 0 Å². The highest BCUT2D eigenvalue weighted by atomic mass is 35.6. The molecule has 2 aliphatic heterocycles. The van der Waals surface area contributed by atoms with E-state index in [1.807, 2.05) is 15.5 Å². The van der Waals surface area contributed by atoms with Crippen LogP contribution in [-0.2, 0) is 6.54 Å². The number of hydrogen-bond donors (Lipinski definition) is 1. The van der Waals surface area contributed by atoms with Crippen LogP contribution in [0.1, 0.15) is 28.4 Å². The third-order valence-electron chi connectivity index (χ3n) is 5.56. The second-order valence-electron chi connectivity index (χ2n) is 7.58. The molecule has 154 valence electrons. The lowest BCUT2D eigenvalue weighted by Crippen LogP contribution is -2.60. The summed E-state index contributed by atoms with van der Waals surface area (Å²) in [7, 11) is 0. The Bertz CT molecular complexity index is 971. The molecule has 0 spiro atoms. The summed E-state index contributed by atoms with van der Waals surface area (Å²) in [6.07, 6.45) is 0.167. The first-order valence-corrected chi connectivity index (χ1v) is 10.8. The van der Waals surface area contributed by atoms with Gasteiger partial charge in [-0.1, -0.05) is 52.5 Å². The number of hydrogen-bond acceptors (Lipinski definition) is 3. The largest absolute Gasteiger partial charge is 0.332 e. The second-order valence-corrected chi connectivity index (χ2v) is 10.4. The summed E-state index contributed by atoms with van der Waals surface area (Å²) in [6, 6.07) is 11.9. The Morgan fingerprint density at radius 2 is 1.79 bits per heavy atom. The van der Waals surface area contributed by atoms with E-state index in [1.54, 1.807) is 36.4 Å². The maximum Gasteiger partial charge on any atom is 0.252 e. The zero-order valence-electron chi connectivity index (χ0n) is 15.3. The first-order chi connectivity index (χ1) is 13.7. The number of piperidine rings is 1. The van der Waals surface area contributed by atoms with Crippen LogP contribution in [-0.4, -0.2) is 38.4 Å². The minimum absolute atomic E-state index is 0.0135. The first-order valence-electron chi connectivity index (χ1n) is 9.29. The Kier molecular flexibility index (Phi) is 5.88. The molecule has 2 aliphatic rings. The van der Waals surface area contributed by atoms with Gasteiger partial charge in [-0.05, 0) is 42.7 Å². The van der Waals surface area contributed by atoms with Crippen LogP contribution in [0.25, 0.3) is 0 Å². The average molecular weight is 475 g/mol. The number of carbonyl (C=O) groups excluding carboxylic acids is 1. The van der Waals surface area contributed by atoms with Crippen LogP contribution >= 0.6 is 46.4 Å². The molecule has 0 aliphatic carbocycles. The van der Waals surface area contributed by atoms with Crippen molar-refractivity contribution in [1.82, 2.24) is 14.8 Å². The SMILES string of the molecule is O=C(NC(N1C[C@@H]2C[C@@H](C1)c1cccc(=O)n1C2)C(Cl)(Cl)Cl)c1ccc(Cl)cc1. The van der Waals surface area contributed by atoms with E-state index in [1.165, 1.54) is 0 Å². The van der Waals surface area contributed by atoms with Crippen molar-refractivity contribution in [3.63, 3.8) is 0 Å². The van der Waals surface area contributed by atoms with E-state index in [9.17, 15) is 9.59 Å². The zero-order chi connectivity index (χ0) is 20.8. The van der Waals surface area contributed by atoms with Gasteiger partial charge >= 0.3 is 0 Å². The molecule has 1 unspecified atom stereocenters. The molecule has 5 nitrogen and oxygen atoms in total. The van der Waals surface area contributed by atoms with Gasteiger partial charge in [0, 0.05) is 47.9 Å². The molecule has 1 N–H and O–H groups in total. The smallest absolute Gasteiger partial charge is 0.252 e. The van der Waals surface area contributed by atoms with Crippen LogP contribution in [0.5, 0.6) is 0 Å². The van der Waals surface area contributed by atoms with Crippen molar-refractivity contribution in [3.8, 4) is 0 Å². The molecule has 29 heavy (non-hydrogen) atoms. The zero-order valence-corrected chi connectivity index (χ0v) is 18.3. The lowest BCUT2D eigenvalue weighted by atomic mass is 9.83. The van der Waals surface area contributed by atoms with Crippen molar-refractivity contribution in [2.45, 2.75) is 28.8 Å². The molecular weight excluding hydrogens is 456 g/mol. The minimum Gasteiger partial charge on any atom is -0.332 e. The number of nitrogens with zero attached hydrogens (tertiary/aromatic N) is 2. The van der Waals surface area contributed by atoms with Crippen LogP contribution in [0.3, 0.4) is 0 Å². The van der Waals surface area contributed by atoms with Gasteiger partial charge in [-0.25, -0.2) is 0 Å². The van der Waals surface area contributed by atoms with E-state index in [4.69, 9.17) is 46.4 Å². The van der Waals surface area contributed by atoms with Crippen LogP contribution in [0.2, 0.25) is 5.02 Å². The van der Waals surface area contributed by atoms with Gasteiger partial charge in [0.1, 0.15) is 6.17 Å². The van der Waals surface area contributed by atoms with Crippen LogP contribution in [0, 0.1) is 5.92 Å². The maximum atomic E-state index is 12.7. The quantitative estimate of drug-likeness (QED) is 0.682. The Hall–Kier alpha value is -1.24. The first kappa shape index (κ1) is 21.0. The van der Waals surface area contributed by atoms with Crippen molar-refractivity contribution in [2.24, 2.45) is 5.92 Å². The molecule has 1 fully saturated rings. The molecule has 1 amide bonds. The van der Waals surface area contributed by atoms with Gasteiger partial charge in [0.05, 0.1) is 0 Å². The predicted molar refractivity (Wildman–Crippen MR) is 116 cm³/mol. The fourth-order valence-electron chi connectivity index (χ4n) is 4.33. The van der Waals surface area contributed by atoms with Gasteiger partial charge in [-0.3, -0.25) is 14.5 Å². The summed E-state index contributed by atoms with van der Waals surface area (Å²) in [6.45, 7) is 1.83. The standard InChI is InChI=1S/C20H19Cl4N3O2/c21-15-6-4-13(5-7-15)18(29)25-19(20(22,23)24)26-9-12-8-14(11-26)16-2-1-3-17(28)27(16)10-12/h1-7,12,14,19H,8-11H2,(H,25,29)/t12-,14-,19?/m0/s1. The summed E-state index contributed by atoms with van der Waals surface area (Å²) >= 11 is 24.7. The van der Waals surface area contributed by atoms with Crippen molar-refractivity contribution < 1.29 is 4.79 Å². The molecule has 4 rings (SSSR count). The van der Waals surface area contributed by atoms with Crippen LogP contribution < -0.4 is 10.9 Å². The third kappa shape index (κ3) is 4.44. The van der Waals surface area contributed by atoms with Crippen molar-refractivity contribution in [1.29, 1.82) is 0 Å². The summed E-state index contributed by atoms with van der Waals surface area (Å²) in [5, 5.41) is 3.41. The molecular formula is C20H19Cl4N3O2. The summed E-state index contributed by atoms with van der Waals surface area (Å²) in [5.41, 5.74) is 1.44. The lowest BCUT2D eigenvalue weighted by Gasteiger charge is -2.47. The molecule has 1 aromatic heterocycles. The summed E-state index contributed by atoms with van der Waals surface area (Å²) < 4.78 is 0.122. The van der Waals surface area contributed by atoms with E-state index < -0.39 is 9.96 Å². The molecule has 2 aromatic rings. The van der Waals surface area contributed by atoms with Crippen molar-refractivity contribution >= 4 is 52.3 Å². The number of nitrogens with one attached hydrogen (secondary N) is 1. The number of benzene rings is 1. The van der Waals surface area contributed by atoms with Crippen molar-refractivity contribution in [3.05, 3.63) is 69.1 Å². The highest BCUT2D eigenvalue weighted by molar-refractivity contribution is 6.68. The third-order valence-corrected chi connectivity index (χ3v) is 6.43. The number of amides is 1. The molecule has 1 saturated heterocycles. The van der Waals surface area contributed by atoms with E-state index in [0.717, 1.165) is 12.1 Å². The number of likely N-dealkylation sites (tertiary alicyclic amines) is 1. The lowest BCUT2D eigenvalue weighted by molar-refractivity contribution is 0.0586. The topological polar surface area (TPSA) is 54.3 Å². The Balaban J connectivity index is 1.58. The average Bonchev–Trinajstić information content (AvgIpc) is 2.66. The normalized spacial score (nSPS) is 22.6. The minimum atomic E-state index is -1.72. The Morgan fingerprint density at radius 1 is 1.07 bits per heavy atom. The summed E-state index contributed by atoms with van der Waals surface area (Å²) in [4.78, 5) is 27.0. The molecule has 3 heterocycles. The van der Waals surface area contributed by atoms with Crippen molar-refractivity contribution in [2.75, 3.05) is 13.1 Å². The van der Waals surface area contributed by atoms with Gasteiger partial charge in [0.25, 0.3) is 11.5 Å². The number of alkyl halides is 3. The number of aromatic nitrogens is 1. The van der Waals surface area contributed by atoms with E-state index in [2.05, 4.69) is 5.32 Å². The number of pyridine rings is 1. The molecule has 9 heteroatoms. The predicted octanol–water partition coefficient (Wildman–Crippen LogP) is 4.05. The van der Waals surface area contributed by atoms with Gasteiger partial charge in [0.2, 0.25) is 3.79 Å².